The maximum absolute atomic E-state index is 12.4. The maximum Gasteiger partial charge on any atom is 0.205 e. The molecule has 1 atom stereocenters. The number of benzene rings is 2. The van der Waals surface area contributed by atoms with Gasteiger partial charge in [0, 0.05) is 25.1 Å². The molecule has 0 aliphatic heterocycles. The fraction of sp³-hybridized carbons (Fsp3) is 0.154. The Balaban J connectivity index is 1.74. The van der Waals surface area contributed by atoms with E-state index in [1.807, 2.05) is 48.5 Å². The van der Waals surface area contributed by atoms with E-state index in [1.165, 1.54) is 7.11 Å². The fourth-order valence-electron chi connectivity index (χ4n) is 3.68. The average Bonchev–Trinajstić information content (AvgIpc) is 3.37. The van der Waals surface area contributed by atoms with E-state index in [0.717, 1.165) is 23.0 Å². The summed E-state index contributed by atoms with van der Waals surface area (Å²) >= 11 is 3.47. The number of carbonyl (C=O) groups is 1. The van der Waals surface area contributed by atoms with E-state index in [2.05, 4.69) is 20.9 Å². The predicted molar refractivity (Wildman–Crippen MR) is 128 cm³/mol. The molecule has 0 saturated heterocycles. The lowest BCUT2D eigenvalue weighted by molar-refractivity contribution is -0.125. The van der Waals surface area contributed by atoms with Crippen LogP contribution >= 0.6 is 15.9 Å². The predicted octanol–water partition coefficient (Wildman–Crippen LogP) is 5.88. The minimum Gasteiger partial charge on any atom is -0.495 e. The van der Waals surface area contributed by atoms with Crippen LogP contribution in [0.3, 0.4) is 0 Å². The standard InChI is InChI=1S/C26H22BrNO5/c1-30-22-13-19(14-23(31-2)25(22)27)21-10-11-24(33-21)26(16-29,32-3)20-8-6-17(7-9-20)18-5-4-12-28-15-18/h4-16H,1-3H3. The van der Waals surface area contributed by atoms with Gasteiger partial charge in [-0.15, -0.1) is 0 Å². The largest absolute Gasteiger partial charge is 0.495 e. The summed E-state index contributed by atoms with van der Waals surface area (Å²) in [5.74, 6) is 2.11. The van der Waals surface area contributed by atoms with Crippen molar-refractivity contribution >= 4 is 22.2 Å². The lowest BCUT2D eigenvalue weighted by atomic mass is 9.91. The molecule has 0 N–H and O–H groups in total. The number of rotatable bonds is 8. The molecule has 4 aromatic rings. The van der Waals surface area contributed by atoms with Crippen LogP contribution in [0.1, 0.15) is 11.3 Å². The molecule has 2 aromatic heterocycles. The molecule has 2 aromatic carbocycles. The minimum atomic E-state index is -1.39. The van der Waals surface area contributed by atoms with Gasteiger partial charge in [-0.05, 0) is 63.0 Å². The van der Waals surface area contributed by atoms with Gasteiger partial charge in [0.05, 0.1) is 14.2 Å². The Bertz CT molecular complexity index is 1230. The van der Waals surface area contributed by atoms with Crippen molar-refractivity contribution in [3.05, 3.63) is 88.9 Å². The van der Waals surface area contributed by atoms with Crippen LogP contribution in [0.4, 0.5) is 0 Å². The van der Waals surface area contributed by atoms with Gasteiger partial charge >= 0.3 is 0 Å². The van der Waals surface area contributed by atoms with Crippen molar-refractivity contribution < 1.29 is 23.4 Å². The number of furan rings is 1. The lowest BCUT2D eigenvalue weighted by Gasteiger charge is -2.25. The molecule has 0 aliphatic rings. The summed E-state index contributed by atoms with van der Waals surface area (Å²) in [5, 5.41) is 0. The van der Waals surface area contributed by atoms with Crippen LogP contribution in [-0.4, -0.2) is 32.6 Å². The SMILES string of the molecule is COc1cc(-c2ccc(C(C=O)(OC)c3ccc(-c4cccnc4)cc3)o2)cc(OC)c1Br. The van der Waals surface area contributed by atoms with Crippen LogP contribution in [0.2, 0.25) is 0 Å². The van der Waals surface area contributed by atoms with Crippen LogP contribution in [-0.2, 0) is 15.1 Å². The number of hydrogen-bond donors (Lipinski definition) is 0. The Labute approximate surface area is 200 Å². The molecule has 0 radical (unpaired) electrons. The summed E-state index contributed by atoms with van der Waals surface area (Å²) in [6.45, 7) is 0. The first kappa shape index (κ1) is 22.8. The molecule has 0 bridgehead atoms. The van der Waals surface area contributed by atoms with Crippen LogP contribution in [0.15, 0.2) is 81.9 Å². The first-order valence-electron chi connectivity index (χ1n) is 10.1. The molecule has 4 rings (SSSR count). The Morgan fingerprint density at radius 3 is 2.15 bits per heavy atom. The van der Waals surface area contributed by atoms with Gasteiger partial charge in [0.25, 0.3) is 0 Å². The number of pyridine rings is 1. The zero-order valence-electron chi connectivity index (χ0n) is 18.4. The van der Waals surface area contributed by atoms with E-state index in [4.69, 9.17) is 18.6 Å². The number of ether oxygens (including phenoxy) is 3. The van der Waals surface area contributed by atoms with Crippen LogP contribution < -0.4 is 9.47 Å². The number of nitrogens with zero attached hydrogens (tertiary/aromatic N) is 1. The highest BCUT2D eigenvalue weighted by Crippen LogP contribution is 2.41. The topological polar surface area (TPSA) is 70.8 Å². The number of hydrogen-bond acceptors (Lipinski definition) is 6. The van der Waals surface area contributed by atoms with Crippen molar-refractivity contribution in [2.45, 2.75) is 5.60 Å². The molecule has 33 heavy (non-hydrogen) atoms. The molecule has 0 amide bonds. The smallest absolute Gasteiger partial charge is 0.205 e. The third-order valence-electron chi connectivity index (χ3n) is 5.50. The van der Waals surface area contributed by atoms with E-state index < -0.39 is 5.60 Å². The van der Waals surface area contributed by atoms with Crippen molar-refractivity contribution in [3.8, 4) is 33.9 Å². The molecule has 168 valence electrons. The fourth-order valence-corrected chi connectivity index (χ4v) is 4.24. The number of aromatic nitrogens is 1. The van der Waals surface area contributed by atoms with Crippen molar-refractivity contribution in [3.63, 3.8) is 0 Å². The van der Waals surface area contributed by atoms with E-state index in [9.17, 15) is 4.79 Å². The first-order chi connectivity index (χ1) is 16.1. The monoisotopic (exact) mass is 507 g/mol. The van der Waals surface area contributed by atoms with Crippen molar-refractivity contribution in [2.75, 3.05) is 21.3 Å². The number of aldehydes is 1. The average molecular weight is 508 g/mol. The van der Waals surface area contributed by atoms with Crippen LogP contribution in [0.25, 0.3) is 22.5 Å². The highest BCUT2D eigenvalue weighted by molar-refractivity contribution is 9.10. The molecule has 0 fully saturated rings. The van der Waals surface area contributed by atoms with Gasteiger partial charge in [-0.3, -0.25) is 9.78 Å². The van der Waals surface area contributed by atoms with Crippen LogP contribution in [0.5, 0.6) is 11.5 Å². The molecule has 0 spiro atoms. The molecular weight excluding hydrogens is 486 g/mol. The lowest BCUT2D eigenvalue weighted by Crippen LogP contribution is -2.31. The van der Waals surface area contributed by atoms with E-state index in [0.29, 0.717) is 33.1 Å². The molecule has 0 saturated carbocycles. The Morgan fingerprint density at radius 2 is 1.61 bits per heavy atom. The third-order valence-corrected chi connectivity index (χ3v) is 6.28. The molecule has 6 nitrogen and oxygen atoms in total. The highest BCUT2D eigenvalue weighted by atomic mass is 79.9. The normalized spacial score (nSPS) is 12.7. The molecule has 0 aliphatic carbocycles. The van der Waals surface area contributed by atoms with Crippen LogP contribution in [0, 0.1) is 0 Å². The van der Waals surface area contributed by atoms with Gasteiger partial charge in [0.15, 0.2) is 6.29 Å². The first-order valence-corrected chi connectivity index (χ1v) is 10.9. The quantitative estimate of drug-likeness (QED) is 0.277. The third kappa shape index (κ3) is 4.17. The molecule has 1 unspecified atom stereocenters. The minimum absolute atomic E-state index is 0.366. The second-order valence-corrected chi connectivity index (χ2v) is 8.03. The summed E-state index contributed by atoms with van der Waals surface area (Å²) in [6.07, 6.45) is 4.26. The van der Waals surface area contributed by atoms with Gasteiger partial charge in [0.2, 0.25) is 5.60 Å². The zero-order valence-corrected chi connectivity index (χ0v) is 20.0. The van der Waals surface area contributed by atoms with Gasteiger partial charge in [-0.1, -0.05) is 30.3 Å². The number of methoxy groups -OCH3 is 3. The second kappa shape index (κ2) is 9.60. The van der Waals surface area contributed by atoms with Gasteiger partial charge in [0.1, 0.15) is 27.5 Å². The summed E-state index contributed by atoms with van der Waals surface area (Å²) in [7, 11) is 4.64. The zero-order chi connectivity index (χ0) is 23.4. The summed E-state index contributed by atoms with van der Waals surface area (Å²) in [6, 6.07) is 18.6. The van der Waals surface area contributed by atoms with Gasteiger partial charge in [-0.2, -0.15) is 0 Å². The van der Waals surface area contributed by atoms with E-state index in [-0.39, 0.29) is 0 Å². The number of halogens is 1. The highest BCUT2D eigenvalue weighted by Gasteiger charge is 2.38. The maximum atomic E-state index is 12.4. The molecule has 7 heteroatoms. The second-order valence-electron chi connectivity index (χ2n) is 7.24. The van der Waals surface area contributed by atoms with Crippen molar-refractivity contribution in [1.82, 2.24) is 4.98 Å². The van der Waals surface area contributed by atoms with E-state index >= 15 is 0 Å². The van der Waals surface area contributed by atoms with E-state index in [1.54, 1.807) is 38.7 Å². The molecule has 2 heterocycles. The summed E-state index contributed by atoms with van der Waals surface area (Å²) in [5.41, 5.74) is 1.96. The molecular formula is C26H22BrNO5. The van der Waals surface area contributed by atoms with Gasteiger partial charge < -0.3 is 18.6 Å². The van der Waals surface area contributed by atoms with Gasteiger partial charge in [-0.25, -0.2) is 0 Å². The Morgan fingerprint density at radius 1 is 0.909 bits per heavy atom. The Kier molecular flexibility index (Phi) is 6.62. The number of carbonyl (C=O) groups excluding carboxylic acids is 1. The Hall–Kier alpha value is -3.42. The summed E-state index contributed by atoms with van der Waals surface area (Å²) < 4.78 is 23.4. The van der Waals surface area contributed by atoms with Crippen molar-refractivity contribution in [1.29, 1.82) is 0 Å². The van der Waals surface area contributed by atoms with Crippen molar-refractivity contribution in [2.24, 2.45) is 0 Å². The summed E-state index contributed by atoms with van der Waals surface area (Å²) in [4.78, 5) is 16.5.